The summed E-state index contributed by atoms with van der Waals surface area (Å²) in [5, 5.41) is 3.63. The second kappa shape index (κ2) is 3.86. The van der Waals surface area contributed by atoms with Crippen LogP contribution < -0.4 is 10.2 Å². The lowest BCUT2D eigenvalue weighted by Gasteiger charge is -2.38. The van der Waals surface area contributed by atoms with E-state index in [9.17, 15) is 0 Å². The minimum absolute atomic E-state index is 0.712. The number of anilines is 1. The summed E-state index contributed by atoms with van der Waals surface area (Å²) >= 11 is 0. The van der Waals surface area contributed by atoms with Crippen molar-refractivity contribution < 1.29 is 0 Å². The zero-order chi connectivity index (χ0) is 10.1. The highest BCUT2D eigenvalue weighted by molar-refractivity contribution is 5.48. The number of para-hydroxylation sites is 1. The van der Waals surface area contributed by atoms with Gasteiger partial charge < -0.3 is 10.2 Å². The van der Waals surface area contributed by atoms with Crippen molar-refractivity contribution in [3.8, 4) is 0 Å². The number of rotatable bonds is 1. The minimum Gasteiger partial charge on any atom is -0.367 e. The summed E-state index contributed by atoms with van der Waals surface area (Å²) in [6.45, 7) is 2.38. The predicted octanol–water partition coefficient (Wildman–Crippen LogP) is 2.02. The van der Waals surface area contributed by atoms with Crippen LogP contribution in [0, 0.1) is 0 Å². The smallest absolute Gasteiger partial charge is 0.0369 e. The second-order valence-corrected chi connectivity index (χ2v) is 4.66. The average Bonchev–Trinajstić information content (AvgIpc) is 2.65. The van der Waals surface area contributed by atoms with Crippen molar-refractivity contribution in [2.45, 2.75) is 31.3 Å². The van der Waals surface area contributed by atoms with Crippen LogP contribution in [-0.2, 0) is 0 Å². The molecule has 0 aliphatic carbocycles. The number of nitrogens with one attached hydrogen (secondary N) is 1. The van der Waals surface area contributed by atoms with Gasteiger partial charge >= 0.3 is 0 Å². The standard InChI is InChI=1S/C13H18N2/c1-2-4-12(5-3-1)15-10-11-6-7-13(15)8-9-14-11/h1-5,11,13-14H,6-10H2. The number of hydrogen-bond acceptors (Lipinski definition) is 2. The van der Waals surface area contributed by atoms with Crippen LogP contribution in [0.2, 0.25) is 0 Å². The molecule has 4 rings (SSSR count). The van der Waals surface area contributed by atoms with E-state index < -0.39 is 0 Å². The van der Waals surface area contributed by atoms with E-state index in [-0.39, 0.29) is 0 Å². The van der Waals surface area contributed by atoms with Gasteiger partial charge in [-0.2, -0.15) is 0 Å². The van der Waals surface area contributed by atoms with E-state index in [0.717, 1.165) is 6.04 Å². The van der Waals surface area contributed by atoms with E-state index in [4.69, 9.17) is 0 Å². The van der Waals surface area contributed by atoms with E-state index in [0.29, 0.717) is 6.04 Å². The Labute approximate surface area is 91.3 Å². The van der Waals surface area contributed by atoms with Crippen molar-refractivity contribution in [3.63, 3.8) is 0 Å². The van der Waals surface area contributed by atoms with Crippen LogP contribution in [0.5, 0.6) is 0 Å². The first-order chi connectivity index (χ1) is 7.43. The molecule has 1 aromatic rings. The largest absolute Gasteiger partial charge is 0.367 e. The number of nitrogens with zero attached hydrogens (tertiary/aromatic N) is 1. The molecular weight excluding hydrogens is 184 g/mol. The zero-order valence-electron chi connectivity index (χ0n) is 9.02. The van der Waals surface area contributed by atoms with Gasteiger partial charge in [0, 0.05) is 24.3 Å². The van der Waals surface area contributed by atoms with Gasteiger partial charge in [-0.15, -0.1) is 0 Å². The van der Waals surface area contributed by atoms with Crippen molar-refractivity contribution in [2.24, 2.45) is 0 Å². The number of piperidine rings is 1. The Bertz CT molecular complexity index is 319. The van der Waals surface area contributed by atoms with Gasteiger partial charge in [0.25, 0.3) is 0 Å². The molecule has 2 nitrogen and oxygen atoms in total. The molecule has 0 amide bonds. The number of hydrogen-bond donors (Lipinski definition) is 1. The summed E-state index contributed by atoms with van der Waals surface area (Å²) < 4.78 is 0. The Hall–Kier alpha value is -1.02. The first-order valence-corrected chi connectivity index (χ1v) is 5.98. The Morgan fingerprint density at radius 1 is 1.07 bits per heavy atom. The van der Waals surface area contributed by atoms with Crippen LogP contribution in [0.4, 0.5) is 5.69 Å². The molecule has 1 N–H and O–H groups in total. The Balaban J connectivity index is 1.87. The summed E-state index contributed by atoms with van der Waals surface area (Å²) in [5.74, 6) is 0. The first-order valence-electron chi connectivity index (χ1n) is 5.98. The highest BCUT2D eigenvalue weighted by atomic mass is 15.2. The summed E-state index contributed by atoms with van der Waals surface area (Å²) in [6, 6.07) is 12.3. The molecule has 3 saturated heterocycles. The summed E-state index contributed by atoms with van der Waals surface area (Å²) in [4.78, 5) is 2.59. The van der Waals surface area contributed by atoms with Gasteiger partial charge in [0.2, 0.25) is 0 Å². The fraction of sp³-hybridized carbons (Fsp3) is 0.538. The Morgan fingerprint density at radius 2 is 1.93 bits per heavy atom. The molecule has 2 unspecified atom stereocenters. The molecule has 3 heterocycles. The molecule has 1 aromatic carbocycles. The van der Waals surface area contributed by atoms with Crippen molar-refractivity contribution in [1.29, 1.82) is 0 Å². The highest BCUT2D eigenvalue weighted by Gasteiger charge is 2.30. The second-order valence-electron chi connectivity index (χ2n) is 4.66. The molecule has 0 saturated carbocycles. The van der Waals surface area contributed by atoms with Gasteiger partial charge in [-0.1, -0.05) is 18.2 Å². The topological polar surface area (TPSA) is 15.3 Å². The Morgan fingerprint density at radius 3 is 2.80 bits per heavy atom. The SMILES string of the molecule is c1ccc(N2CC3CCC2CCN3)cc1. The van der Waals surface area contributed by atoms with Crippen LogP contribution in [0.1, 0.15) is 19.3 Å². The number of benzene rings is 1. The lowest BCUT2D eigenvalue weighted by Crippen LogP contribution is -2.46. The van der Waals surface area contributed by atoms with Crippen molar-refractivity contribution in [2.75, 3.05) is 18.0 Å². The minimum atomic E-state index is 0.712. The number of fused-ring (bicyclic) bond motifs is 4. The molecule has 3 aliphatic rings. The molecular formula is C13H18N2. The molecule has 2 atom stereocenters. The van der Waals surface area contributed by atoms with E-state index in [2.05, 4.69) is 40.5 Å². The van der Waals surface area contributed by atoms with E-state index >= 15 is 0 Å². The summed E-state index contributed by atoms with van der Waals surface area (Å²) in [7, 11) is 0. The van der Waals surface area contributed by atoms with Gasteiger partial charge in [0.1, 0.15) is 0 Å². The van der Waals surface area contributed by atoms with Gasteiger partial charge in [-0.25, -0.2) is 0 Å². The lowest BCUT2D eigenvalue weighted by molar-refractivity contribution is 0.429. The van der Waals surface area contributed by atoms with Crippen LogP contribution >= 0.6 is 0 Å². The normalized spacial score (nSPS) is 30.3. The maximum Gasteiger partial charge on any atom is 0.0369 e. The van der Waals surface area contributed by atoms with Gasteiger partial charge in [-0.05, 0) is 37.9 Å². The zero-order valence-corrected chi connectivity index (χ0v) is 9.02. The molecule has 3 fully saturated rings. The molecule has 15 heavy (non-hydrogen) atoms. The van der Waals surface area contributed by atoms with Crippen LogP contribution in [-0.4, -0.2) is 25.2 Å². The highest BCUT2D eigenvalue weighted by Crippen LogP contribution is 2.28. The van der Waals surface area contributed by atoms with E-state index in [1.807, 2.05) is 0 Å². The predicted molar refractivity (Wildman–Crippen MR) is 63.2 cm³/mol. The first kappa shape index (κ1) is 9.22. The molecule has 80 valence electrons. The third-order valence-electron chi connectivity index (χ3n) is 3.70. The molecule has 2 bridgehead atoms. The van der Waals surface area contributed by atoms with Crippen LogP contribution in [0.3, 0.4) is 0 Å². The quantitative estimate of drug-likeness (QED) is 0.749. The lowest BCUT2D eigenvalue weighted by atomic mass is 9.98. The molecule has 2 heteroatoms. The molecule has 0 spiro atoms. The summed E-state index contributed by atoms with van der Waals surface area (Å²) in [5.41, 5.74) is 1.40. The molecule has 3 aliphatic heterocycles. The fourth-order valence-electron chi connectivity index (χ4n) is 2.88. The maximum atomic E-state index is 3.63. The van der Waals surface area contributed by atoms with Crippen molar-refractivity contribution in [3.05, 3.63) is 30.3 Å². The fourth-order valence-corrected chi connectivity index (χ4v) is 2.88. The maximum absolute atomic E-state index is 3.63. The Kier molecular flexibility index (Phi) is 2.37. The molecule has 0 aromatic heterocycles. The third kappa shape index (κ3) is 1.74. The van der Waals surface area contributed by atoms with E-state index in [1.165, 1.54) is 38.0 Å². The van der Waals surface area contributed by atoms with Crippen molar-refractivity contribution >= 4 is 5.69 Å². The summed E-state index contributed by atoms with van der Waals surface area (Å²) in [6.07, 6.45) is 4.01. The van der Waals surface area contributed by atoms with Gasteiger partial charge in [-0.3, -0.25) is 0 Å². The molecule has 0 radical (unpaired) electrons. The van der Waals surface area contributed by atoms with E-state index in [1.54, 1.807) is 0 Å². The van der Waals surface area contributed by atoms with Crippen molar-refractivity contribution in [1.82, 2.24) is 5.32 Å². The average molecular weight is 202 g/mol. The van der Waals surface area contributed by atoms with Gasteiger partial charge in [0.15, 0.2) is 0 Å². The van der Waals surface area contributed by atoms with Gasteiger partial charge in [0.05, 0.1) is 0 Å². The van der Waals surface area contributed by atoms with Crippen LogP contribution in [0.15, 0.2) is 30.3 Å². The third-order valence-corrected chi connectivity index (χ3v) is 3.70. The monoisotopic (exact) mass is 202 g/mol. The van der Waals surface area contributed by atoms with Crippen LogP contribution in [0.25, 0.3) is 0 Å².